The molecule has 0 aliphatic heterocycles. The summed E-state index contributed by atoms with van der Waals surface area (Å²) in [6.45, 7) is 2.82. The van der Waals surface area contributed by atoms with Gasteiger partial charge in [-0.3, -0.25) is 4.79 Å². The van der Waals surface area contributed by atoms with Gasteiger partial charge in [-0.25, -0.2) is 4.39 Å². The third kappa shape index (κ3) is 4.07. The van der Waals surface area contributed by atoms with Crippen molar-refractivity contribution in [1.29, 1.82) is 0 Å². The van der Waals surface area contributed by atoms with Gasteiger partial charge in [-0.15, -0.1) is 0 Å². The van der Waals surface area contributed by atoms with E-state index >= 15 is 0 Å². The molecule has 0 fully saturated rings. The van der Waals surface area contributed by atoms with Crippen LogP contribution in [0.15, 0.2) is 42.5 Å². The van der Waals surface area contributed by atoms with Crippen molar-refractivity contribution in [2.75, 3.05) is 0 Å². The van der Waals surface area contributed by atoms with Crippen molar-refractivity contribution in [1.82, 2.24) is 4.90 Å². The molecule has 0 radical (unpaired) electrons. The van der Waals surface area contributed by atoms with Crippen LogP contribution in [0.1, 0.15) is 16.7 Å². The highest BCUT2D eigenvalue weighted by molar-refractivity contribution is 6.30. The summed E-state index contributed by atoms with van der Waals surface area (Å²) < 4.78 is 13.3. The Morgan fingerprint density at radius 3 is 2.35 bits per heavy atom. The first-order chi connectivity index (χ1) is 9.56. The highest BCUT2D eigenvalue weighted by Crippen LogP contribution is 2.16. The Kier molecular flexibility index (Phi) is 4.74. The van der Waals surface area contributed by atoms with Crippen LogP contribution in [0, 0.1) is 12.7 Å². The van der Waals surface area contributed by atoms with E-state index in [2.05, 4.69) is 0 Å². The maximum absolute atomic E-state index is 13.3. The molecule has 0 unspecified atom stereocenters. The fraction of sp³-hybridized carbons (Fsp3) is 0.188. The van der Waals surface area contributed by atoms with Crippen LogP contribution in [-0.4, -0.2) is 11.3 Å². The van der Waals surface area contributed by atoms with Crippen molar-refractivity contribution in [2.24, 2.45) is 0 Å². The second-order valence-corrected chi connectivity index (χ2v) is 5.21. The van der Waals surface area contributed by atoms with Crippen LogP contribution in [0.4, 0.5) is 4.39 Å². The highest BCUT2D eigenvalue weighted by atomic mass is 35.5. The summed E-state index contributed by atoms with van der Waals surface area (Å²) in [5.41, 5.74) is 2.88. The molecule has 0 N–H and O–H groups in total. The van der Waals surface area contributed by atoms with E-state index < -0.39 is 5.82 Å². The van der Waals surface area contributed by atoms with Crippen LogP contribution in [0.25, 0.3) is 0 Å². The van der Waals surface area contributed by atoms with Gasteiger partial charge in [-0.2, -0.15) is 0 Å². The molecule has 1 amide bonds. The van der Waals surface area contributed by atoms with Gasteiger partial charge in [0.1, 0.15) is 5.82 Å². The van der Waals surface area contributed by atoms with Gasteiger partial charge in [-0.1, -0.05) is 41.4 Å². The first-order valence-corrected chi connectivity index (χ1v) is 6.64. The van der Waals surface area contributed by atoms with Crippen molar-refractivity contribution < 1.29 is 9.18 Å². The number of aryl methyl sites for hydroxylation is 1. The molecular weight excluding hydrogens is 277 g/mol. The summed E-state index contributed by atoms with van der Waals surface area (Å²) >= 11 is 5.81. The number of carbonyl (C=O) groups is 1. The molecule has 0 aliphatic carbocycles. The minimum absolute atomic E-state index is 0.328. The number of hydrogen-bond donors (Lipinski definition) is 0. The quantitative estimate of drug-likeness (QED) is 0.764. The van der Waals surface area contributed by atoms with Crippen LogP contribution in [0.3, 0.4) is 0 Å². The molecule has 2 aromatic carbocycles. The van der Waals surface area contributed by atoms with Crippen molar-refractivity contribution in [2.45, 2.75) is 20.0 Å². The average molecular weight is 292 g/mol. The van der Waals surface area contributed by atoms with Crippen LogP contribution in [-0.2, 0) is 17.9 Å². The predicted octanol–water partition coefficient (Wildman–Crippen LogP) is 3.95. The van der Waals surface area contributed by atoms with E-state index in [1.165, 1.54) is 17.7 Å². The lowest BCUT2D eigenvalue weighted by molar-refractivity contribution is -0.119. The summed E-state index contributed by atoms with van der Waals surface area (Å²) in [5, 5.41) is 0.334. The van der Waals surface area contributed by atoms with Crippen LogP contribution < -0.4 is 0 Å². The molecule has 2 aromatic rings. The lowest BCUT2D eigenvalue weighted by atomic mass is 10.1. The van der Waals surface area contributed by atoms with E-state index in [4.69, 9.17) is 11.6 Å². The predicted molar refractivity (Wildman–Crippen MR) is 77.9 cm³/mol. The molecule has 4 heteroatoms. The molecule has 20 heavy (non-hydrogen) atoms. The smallest absolute Gasteiger partial charge is 0.210 e. The molecule has 0 bridgehead atoms. The van der Waals surface area contributed by atoms with Gasteiger partial charge in [0.15, 0.2) is 0 Å². The number of nitrogens with zero attached hydrogens (tertiary/aromatic N) is 1. The monoisotopic (exact) mass is 291 g/mol. The zero-order valence-corrected chi connectivity index (χ0v) is 11.9. The number of benzene rings is 2. The summed E-state index contributed by atoms with van der Waals surface area (Å²) in [6, 6.07) is 12.2. The molecule has 0 heterocycles. The summed E-state index contributed by atoms with van der Waals surface area (Å²) in [4.78, 5) is 12.7. The number of rotatable bonds is 5. The molecular formula is C16H15ClFNO. The van der Waals surface area contributed by atoms with Crippen molar-refractivity contribution in [3.8, 4) is 0 Å². The molecule has 0 saturated heterocycles. The lowest BCUT2D eigenvalue weighted by Gasteiger charge is -2.18. The Labute approximate surface area is 122 Å². The third-order valence-corrected chi connectivity index (χ3v) is 3.18. The molecule has 104 valence electrons. The van der Waals surface area contributed by atoms with Crippen LogP contribution in [0.5, 0.6) is 0 Å². The van der Waals surface area contributed by atoms with Gasteiger partial charge in [-0.05, 0) is 36.2 Å². The fourth-order valence-electron chi connectivity index (χ4n) is 2.00. The topological polar surface area (TPSA) is 20.3 Å². The normalized spacial score (nSPS) is 10.3. The Bertz CT molecular complexity index is 578. The lowest BCUT2D eigenvalue weighted by Crippen LogP contribution is -2.20. The number of halogens is 2. The average Bonchev–Trinajstić information content (AvgIpc) is 2.39. The second-order valence-electron chi connectivity index (χ2n) is 4.77. The van der Waals surface area contributed by atoms with E-state index in [1.807, 2.05) is 31.2 Å². The SMILES string of the molecule is Cc1ccc(CN(C=O)Cc2cc(F)cc(Cl)c2)cc1. The summed E-state index contributed by atoms with van der Waals surface area (Å²) in [5.74, 6) is -0.395. The Hall–Kier alpha value is -1.87. The largest absolute Gasteiger partial charge is 0.337 e. The molecule has 2 rings (SSSR count). The number of hydrogen-bond acceptors (Lipinski definition) is 1. The summed E-state index contributed by atoms with van der Waals surface area (Å²) in [7, 11) is 0. The first-order valence-electron chi connectivity index (χ1n) is 6.26. The minimum atomic E-state index is -0.395. The fourth-order valence-corrected chi connectivity index (χ4v) is 2.24. The van der Waals surface area contributed by atoms with E-state index in [1.54, 1.807) is 11.0 Å². The zero-order chi connectivity index (χ0) is 14.5. The zero-order valence-electron chi connectivity index (χ0n) is 11.1. The van der Waals surface area contributed by atoms with Gasteiger partial charge < -0.3 is 4.90 Å². The Morgan fingerprint density at radius 2 is 1.75 bits per heavy atom. The molecule has 0 saturated carbocycles. The van der Waals surface area contributed by atoms with E-state index in [9.17, 15) is 9.18 Å². The van der Waals surface area contributed by atoms with Crippen LogP contribution >= 0.6 is 11.6 Å². The van der Waals surface area contributed by atoms with Crippen molar-refractivity contribution >= 4 is 18.0 Å². The van der Waals surface area contributed by atoms with Crippen molar-refractivity contribution in [3.63, 3.8) is 0 Å². The maximum Gasteiger partial charge on any atom is 0.210 e. The van der Waals surface area contributed by atoms with Gasteiger partial charge in [0.25, 0.3) is 0 Å². The maximum atomic E-state index is 13.3. The van der Waals surface area contributed by atoms with Gasteiger partial charge in [0.05, 0.1) is 0 Å². The van der Waals surface area contributed by atoms with Gasteiger partial charge >= 0.3 is 0 Å². The molecule has 0 spiro atoms. The summed E-state index contributed by atoms with van der Waals surface area (Å²) in [6.07, 6.45) is 0.763. The highest BCUT2D eigenvalue weighted by Gasteiger charge is 2.06. The first kappa shape index (κ1) is 14.5. The third-order valence-electron chi connectivity index (χ3n) is 2.96. The molecule has 0 aromatic heterocycles. The number of carbonyl (C=O) groups excluding carboxylic acids is 1. The van der Waals surface area contributed by atoms with Gasteiger partial charge in [0.2, 0.25) is 6.41 Å². The van der Waals surface area contributed by atoms with Gasteiger partial charge in [0, 0.05) is 18.1 Å². The molecule has 0 atom stereocenters. The standard InChI is InChI=1S/C16H15ClFNO/c1-12-2-4-13(5-3-12)9-19(11-20)10-14-6-15(17)8-16(18)7-14/h2-8,11H,9-10H2,1H3. The Morgan fingerprint density at radius 1 is 1.10 bits per heavy atom. The molecule has 2 nitrogen and oxygen atoms in total. The van der Waals surface area contributed by atoms with E-state index in [-0.39, 0.29) is 0 Å². The van der Waals surface area contributed by atoms with Crippen molar-refractivity contribution in [3.05, 3.63) is 70.0 Å². The van der Waals surface area contributed by atoms with Crippen LogP contribution in [0.2, 0.25) is 5.02 Å². The molecule has 0 aliphatic rings. The van der Waals surface area contributed by atoms with E-state index in [0.29, 0.717) is 23.7 Å². The minimum Gasteiger partial charge on any atom is -0.337 e. The van der Waals surface area contributed by atoms with E-state index in [0.717, 1.165) is 12.0 Å². The number of amides is 1. The Balaban J connectivity index is 2.08. The second kappa shape index (κ2) is 6.53.